The fourth-order valence-electron chi connectivity index (χ4n) is 3.13. The van der Waals surface area contributed by atoms with E-state index in [0.29, 0.717) is 5.76 Å². The van der Waals surface area contributed by atoms with Gasteiger partial charge >= 0.3 is 5.97 Å². The summed E-state index contributed by atoms with van der Waals surface area (Å²) in [5.41, 5.74) is 1.36. The molecule has 0 fully saturated rings. The van der Waals surface area contributed by atoms with Crippen LogP contribution in [0, 0.1) is 5.92 Å². The van der Waals surface area contributed by atoms with E-state index in [1.54, 1.807) is 13.8 Å². The monoisotopic (exact) mass is 348 g/mol. The van der Waals surface area contributed by atoms with E-state index in [4.69, 9.17) is 9.47 Å². The predicted molar refractivity (Wildman–Crippen MR) is 94.7 cm³/mol. The number of allylic oxidation sites excluding steroid dienone is 1. The van der Waals surface area contributed by atoms with Gasteiger partial charge in [0.2, 0.25) is 5.78 Å². The molecule has 5 nitrogen and oxygen atoms in total. The topological polar surface area (TPSA) is 72.8 Å². The molecule has 1 N–H and O–H groups in total. The van der Waals surface area contributed by atoms with Crippen LogP contribution in [0.4, 0.5) is 0 Å². The van der Waals surface area contributed by atoms with Gasteiger partial charge in [-0.15, -0.1) is 0 Å². The van der Waals surface area contributed by atoms with Crippen LogP contribution in [0.1, 0.15) is 53.4 Å². The van der Waals surface area contributed by atoms with Crippen molar-refractivity contribution >= 4 is 11.8 Å². The Kier molecular flexibility index (Phi) is 6.22. The minimum Gasteiger partial charge on any atom is -0.484 e. The summed E-state index contributed by atoms with van der Waals surface area (Å²) in [7, 11) is 0. The van der Waals surface area contributed by atoms with Gasteiger partial charge in [-0.25, -0.2) is 4.79 Å². The van der Waals surface area contributed by atoms with Crippen molar-refractivity contribution in [3.8, 4) is 0 Å². The van der Waals surface area contributed by atoms with Gasteiger partial charge in [-0.3, -0.25) is 4.79 Å². The lowest BCUT2D eigenvalue weighted by molar-refractivity contribution is -0.142. The lowest BCUT2D eigenvalue weighted by atomic mass is 9.97. The number of rotatable bonds is 7. The number of aliphatic hydroxyl groups excluding tert-OH is 1. The van der Waals surface area contributed by atoms with Crippen LogP contribution in [0.2, 0.25) is 0 Å². The van der Waals surface area contributed by atoms with Gasteiger partial charge in [0.25, 0.3) is 0 Å². The van der Waals surface area contributed by atoms with E-state index >= 15 is 0 Å². The summed E-state index contributed by atoms with van der Waals surface area (Å²) in [5.74, 6) is 0.0904. The highest BCUT2D eigenvalue weighted by Crippen LogP contribution is 2.31. The number of hydrogen-bond donors (Lipinski definition) is 1. The van der Waals surface area contributed by atoms with Gasteiger partial charge in [0.15, 0.2) is 5.60 Å². The molecular formula is C20H28O5. The van der Waals surface area contributed by atoms with Gasteiger partial charge in [0.1, 0.15) is 11.9 Å². The predicted octanol–water partition coefficient (Wildman–Crippen LogP) is 3.24. The maximum atomic E-state index is 11.8. The van der Waals surface area contributed by atoms with Gasteiger partial charge < -0.3 is 14.6 Å². The molecule has 0 saturated carbocycles. The quantitative estimate of drug-likeness (QED) is 0.565. The van der Waals surface area contributed by atoms with E-state index < -0.39 is 5.60 Å². The average Bonchev–Trinajstić information content (AvgIpc) is 2.76. The van der Waals surface area contributed by atoms with E-state index in [1.807, 2.05) is 19.9 Å². The Morgan fingerprint density at radius 3 is 2.68 bits per heavy atom. The molecule has 25 heavy (non-hydrogen) atoms. The molecule has 0 aromatic rings. The fourth-order valence-corrected chi connectivity index (χ4v) is 3.13. The van der Waals surface area contributed by atoms with Crippen molar-refractivity contribution in [3.05, 3.63) is 35.1 Å². The summed E-state index contributed by atoms with van der Waals surface area (Å²) >= 11 is 0. The van der Waals surface area contributed by atoms with E-state index in [-0.39, 0.29) is 30.4 Å². The Labute approximate surface area is 149 Å². The second-order valence-electron chi connectivity index (χ2n) is 7.48. The van der Waals surface area contributed by atoms with E-state index in [0.717, 1.165) is 36.8 Å². The molecule has 0 aliphatic carbocycles. The first kappa shape index (κ1) is 19.4. The summed E-state index contributed by atoms with van der Waals surface area (Å²) in [6.07, 6.45) is 8.03. The van der Waals surface area contributed by atoms with Crippen molar-refractivity contribution in [3.63, 3.8) is 0 Å². The Balaban J connectivity index is 1.84. The van der Waals surface area contributed by atoms with Crippen molar-refractivity contribution in [2.75, 3.05) is 6.61 Å². The first-order chi connectivity index (χ1) is 11.7. The Bertz CT molecular complexity index is 624. The third-order valence-corrected chi connectivity index (χ3v) is 4.61. The molecule has 0 radical (unpaired) electrons. The standard InChI is InChI=1S/C20H28O5/c1-13(8-16-9-14(2)10-19(23)24-16)6-5-7-15(12-21)17-11-18(22)20(3,4)25-17/h8,10-11,15-16,21H,5-7,9,12H2,1-4H3/b13-8+/t15?,16-/m1/s1. The molecule has 1 unspecified atom stereocenters. The second kappa shape index (κ2) is 8.00. The zero-order valence-electron chi connectivity index (χ0n) is 15.5. The second-order valence-corrected chi connectivity index (χ2v) is 7.48. The number of aliphatic hydroxyl groups is 1. The smallest absolute Gasteiger partial charge is 0.331 e. The molecule has 0 aromatic heterocycles. The van der Waals surface area contributed by atoms with E-state index in [9.17, 15) is 14.7 Å². The molecule has 2 aliphatic heterocycles. The Morgan fingerprint density at radius 2 is 2.12 bits per heavy atom. The van der Waals surface area contributed by atoms with Crippen molar-refractivity contribution in [2.24, 2.45) is 5.92 Å². The molecule has 138 valence electrons. The number of cyclic esters (lactones) is 1. The third kappa shape index (κ3) is 5.30. The highest BCUT2D eigenvalue weighted by Gasteiger charge is 2.37. The largest absolute Gasteiger partial charge is 0.484 e. The van der Waals surface area contributed by atoms with Crippen LogP contribution in [0.3, 0.4) is 0 Å². The summed E-state index contributed by atoms with van der Waals surface area (Å²) in [5, 5.41) is 9.62. The summed E-state index contributed by atoms with van der Waals surface area (Å²) in [6, 6.07) is 0. The summed E-state index contributed by atoms with van der Waals surface area (Å²) in [6.45, 7) is 7.39. The van der Waals surface area contributed by atoms with Crippen LogP contribution in [0.25, 0.3) is 0 Å². The summed E-state index contributed by atoms with van der Waals surface area (Å²) < 4.78 is 11.0. The molecular weight excluding hydrogens is 320 g/mol. The highest BCUT2D eigenvalue weighted by atomic mass is 16.5. The number of carbonyl (C=O) groups is 2. The molecule has 5 heteroatoms. The zero-order valence-corrected chi connectivity index (χ0v) is 15.5. The van der Waals surface area contributed by atoms with Crippen LogP contribution in [0.15, 0.2) is 35.1 Å². The number of ether oxygens (including phenoxy) is 2. The molecule has 0 amide bonds. The minimum absolute atomic E-state index is 0.0395. The fraction of sp³-hybridized carbons (Fsp3) is 0.600. The zero-order chi connectivity index (χ0) is 18.6. The Hall–Kier alpha value is -1.88. The van der Waals surface area contributed by atoms with Crippen LogP contribution in [-0.4, -0.2) is 35.2 Å². The highest BCUT2D eigenvalue weighted by molar-refractivity contribution is 5.98. The maximum absolute atomic E-state index is 11.8. The minimum atomic E-state index is -0.825. The van der Waals surface area contributed by atoms with Crippen LogP contribution in [0.5, 0.6) is 0 Å². The summed E-state index contributed by atoms with van der Waals surface area (Å²) in [4.78, 5) is 23.3. The van der Waals surface area contributed by atoms with Crippen LogP contribution >= 0.6 is 0 Å². The van der Waals surface area contributed by atoms with Gasteiger partial charge in [0, 0.05) is 24.5 Å². The number of esters is 1. The van der Waals surface area contributed by atoms with Gasteiger partial charge in [-0.2, -0.15) is 0 Å². The van der Waals surface area contributed by atoms with Crippen molar-refractivity contribution < 1.29 is 24.2 Å². The van der Waals surface area contributed by atoms with E-state index in [2.05, 4.69) is 0 Å². The SMILES string of the molecule is CC1=CC(=O)O[C@H](/C=C(\C)CCCC(CO)C2=CC(=O)C(C)(C)O2)C1. The Morgan fingerprint density at radius 1 is 1.40 bits per heavy atom. The molecule has 2 aliphatic rings. The van der Waals surface area contributed by atoms with Crippen LogP contribution < -0.4 is 0 Å². The van der Waals surface area contributed by atoms with Gasteiger partial charge in [-0.05, 0) is 53.0 Å². The lowest BCUT2D eigenvalue weighted by Crippen LogP contribution is -2.28. The first-order valence-electron chi connectivity index (χ1n) is 8.82. The molecule has 2 atom stereocenters. The first-order valence-corrected chi connectivity index (χ1v) is 8.82. The van der Waals surface area contributed by atoms with Gasteiger partial charge in [0.05, 0.1) is 6.61 Å². The number of carbonyl (C=O) groups excluding carboxylic acids is 2. The normalized spacial score (nSPS) is 24.4. The number of ketones is 1. The van der Waals surface area contributed by atoms with Crippen molar-refractivity contribution in [1.29, 1.82) is 0 Å². The number of hydrogen-bond acceptors (Lipinski definition) is 5. The molecule has 0 spiro atoms. The molecule has 0 bridgehead atoms. The third-order valence-electron chi connectivity index (χ3n) is 4.61. The average molecular weight is 348 g/mol. The van der Waals surface area contributed by atoms with Crippen molar-refractivity contribution in [2.45, 2.75) is 65.1 Å². The van der Waals surface area contributed by atoms with Crippen LogP contribution in [-0.2, 0) is 19.1 Å². The molecule has 2 rings (SSSR count). The molecule has 0 saturated heterocycles. The maximum Gasteiger partial charge on any atom is 0.331 e. The molecule has 0 aromatic carbocycles. The van der Waals surface area contributed by atoms with Crippen molar-refractivity contribution in [1.82, 2.24) is 0 Å². The lowest BCUT2D eigenvalue weighted by Gasteiger charge is -2.22. The molecule has 2 heterocycles. The van der Waals surface area contributed by atoms with Gasteiger partial charge in [-0.1, -0.05) is 11.1 Å². The van der Waals surface area contributed by atoms with E-state index in [1.165, 1.54) is 12.2 Å².